The van der Waals surface area contributed by atoms with E-state index in [0.717, 1.165) is 0 Å². The van der Waals surface area contributed by atoms with Crippen molar-refractivity contribution in [2.24, 2.45) is 0 Å². The Labute approximate surface area is 204 Å². The number of hydrogen-bond acceptors (Lipinski definition) is 7. The summed E-state index contributed by atoms with van der Waals surface area (Å²) in [5.41, 5.74) is -2.14. The molecule has 0 aliphatic carbocycles. The molecule has 3 atom stereocenters. The maximum absolute atomic E-state index is 13.7. The third kappa shape index (κ3) is 6.34. The van der Waals surface area contributed by atoms with Crippen LogP contribution in [0.2, 0.25) is 18.1 Å². The molecule has 2 amide bonds. The minimum atomic E-state index is -2.17. The van der Waals surface area contributed by atoms with Crippen molar-refractivity contribution in [2.75, 3.05) is 13.2 Å². The molecule has 3 unspecified atom stereocenters. The van der Waals surface area contributed by atoms with Gasteiger partial charge in [-0.1, -0.05) is 20.8 Å². The van der Waals surface area contributed by atoms with E-state index < -0.39 is 50.2 Å². The number of aliphatic hydroxyl groups is 1. The molecule has 34 heavy (non-hydrogen) atoms. The van der Waals surface area contributed by atoms with E-state index in [0.29, 0.717) is 25.2 Å². The largest absolute Gasteiger partial charge is 0.444 e. The van der Waals surface area contributed by atoms with Gasteiger partial charge in [-0.15, -0.1) is 0 Å². The van der Waals surface area contributed by atoms with Crippen LogP contribution in [0, 0.1) is 0 Å². The van der Waals surface area contributed by atoms with Crippen LogP contribution in [-0.4, -0.2) is 70.7 Å². The maximum Gasteiger partial charge on any atom is 0.411 e. The lowest BCUT2D eigenvalue weighted by molar-refractivity contribution is -0.136. The zero-order valence-electron chi connectivity index (χ0n) is 22.1. The number of rotatable bonds is 7. The number of likely N-dealkylation sites (tertiary alicyclic amines) is 1. The Morgan fingerprint density at radius 1 is 1.21 bits per heavy atom. The van der Waals surface area contributed by atoms with Gasteiger partial charge in [-0.2, -0.15) is 0 Å². The second-order valence-electron chi connectivity index (χ2n) is 11.6. The van der Waals surface area contributed by atoms with Crippen molar-refractivity contribution in [3.8, 4) is 0 Å². The van der Waals surface area contributed by atoms with Gasteiger partial charge in [-0.05, 0) is 64.7 Å². The third-order valence-corrected chi connectivity index (χ3v) is 11.3. The van der Waals surface area contributed by atoms with Crippen LogP contribution in [0.5, 0.6) is 0 Å². The van der Waals surface area contributed by atoms with Crippen LogP contribution in [0.4, 0.5) is 4.79 Å². The number of hydrogen-bond donors (Lipinski definition) is 2. The number of carbonyl (C=O) groups excluding carboxylic acids is 2. The molecule has 10 heteroatoms. The summed E-state index contributed by atoms with van der Waals surface area (Å²) in [5, 5.41) is 13.3. The number of nitrogens with zero attached hydrogens (tertiary/aromatic N) is 3. The average molecular weight is 495 g/mol. The Morgan fingerprint density at radius 2 is 1.79 bits per heavy atom. The van der Waals surface area contributed by atoms with Crippen LogP contribution in [0.1, 0.15) is 73.2 Å². The summed E-state index contributed by atoms with van der Waals surface area (Å²) in [4.78, 5) is 36.7. The van der Waals surface area contributed by atoms with E-state index in [4.69, 9.17) is 9.16 Å². The SMILES string of the molecule is CC(O[Si](C)(C)C(C)(C)C)C(NC(=O)C1(CO)CCCN1C(=O)OC(C)(C)C)c1ncccn1. The van der Waals surface area contributed by atoms with Gasteiger partial charge in [0.25, 0.3) is 0 Å². The highest BCUT2D eigenvalue weighted by Gasteiger charge is 2.52. The Bertz CT molecular complexity index is 853. The van der Waals surface area contributed by atoms with Crippen LogP contribution in [0.3, 0.4) is 0 Å². The fraction of sp³-hybridized carbons (Fsp3) is 0.750. The van der Waals surface area contributed by atoms with Crippen molar-refractivity contribution in [3.05, 3.63) is 24.3 Å². The van der Waals surface area contributed by atoms with Crippen LogP contribution >= 0.6 is 0 Å². The fourth-order valence-corrected chi connectivity index (χ4v) is 5.20. The molecule has 0 spiro atoms. The zero-order chi connectivity index (χ0) is 25.9. The molecule has 0 radical (unpaired) electrons. The molecule has 192 valence electrons. The van der Waals surface area contributed by atoms with E-state index in [1.165, 1.54) is 4.90 Å². The summed E-state index contributed by atoms with van der Waals surface area (Å²) >= 11 is 0. The molecule has 1 fully saturated rings. The fourth-order valence-electron chi connectivity index (χ4n) is 3.78. The first-order chi connectivity index (χ1) is 15.5. The summed E-state index contributed by atoms with van der Waals surface area (Å²) in [6.45, 7) is 17.7. The predicted octanol–water partition coefficient (Wildman–Crippen LogP) is 3.81. The number of aliphatic hydroxyl groups excluding tert-OH is 1. The molecule has 2 heterocycles. The molecule has 1 aromatic heterocycles. The minimum absolute atomic E-state index is 0.0291. The lowest BCUT2D eigenvalue weighted by Crippen LogP contribution is -2.61. The van der Waals surface area contributed by atoms with E-state index in [-0.39, 0.29) is 5.04 Å². The van der Waals surface area contributed by atoms with E-state index in [1.54, 1.807) is 39.2 Å². The van der Waals surface area contributed by atoms with Gasteiger partial charge in [0.15, 0.2) is 14.1 Å². The first-order valence-corrected chi connectivity index (χ1v) is 14.8. The van der Waals surface area contributed by atoms with Crippen molar-refractivity contribution in [1.29, 1.82) is 0 Å². The smallest absolute Gasteiger partial charge is 0.411 e. The van der Waals surface area contributed by atoms with Crippen molar-refractivity contribution in [3.63, 3.8) is 0 Å². The maximum atomic E-state index is 13.7. The van der Waals surface area contributed by atoms with Crippen LogP contribution in [0.25, 0.3) is 0 Å². The molecule has 1 aromatic rings. The van der Waals surface area contributed by atoms with Gasteiger partial charge in [0.1, 0.15) is 17.2 Å². The lowest BCUT2D eigenvalue weighted by atomic mass is 9.95. The zero-order valence-corrected chi connectivity index (χ0v) is 23.1. The molecule has 0 aromatic carbocycles. The molecule has 2 rings (SSSR count). The Balaban J connectivity index is 2.36. The highest BCUT2D eigenvalue weighted by Crippen LogP contribution is 2.39. The highest BCUT2D eigenvalue weighted by atomic mass is 28.4. The van der Waals surface area contributed by atoms with Crippen LogP contribution in [0.15, 0.2) is 18.5 Å². The highest BCUT2D eigenvalue weighted by molar-refractivity contribution is 6.74. The van der Waals surface area contributed by atoms with Crippen LogP contribution in [-0.2, 0) is 14.0 Å². The summed E-state index contributed by atoms with van der Waals surface area (Å²) in [5.74, 6) is -0.0570. The van der Waals surface area contributed by atoms with E-state index >= 15 is 0 Å². The summed E-state index contributed by atoms with van der Waals surface area (Å²) < 4.78 is 12.1. The molecule has 1 aliphatic rings. The average Bonchev–Trinajstić information content (AvgIpc) is 3.15. The number of nitrogens with one attached hydrogen (secondary N) is 1. The topological polar surface area (TPSA) is 114 Å². The van der Waals surface area contributed by atoms with Gasteiger partial charge in [-0.25, -0.2) is 14.8 Å². The molecule has 1 aliphatic heterocycles. The van der Waals surface area contributed by atoms with Crippen molar-refractivity contribution in [2.45, 2.75) is 103 Å². The van der Waals surface area contributed by atoms with Gasteiger partial charge < -0.3 is 19.6 Å². The second-order valence-corrected chi connectivity index (χ2v) is 16.3. The van der Waals surface area contributed by atoms with Crippen LogP contribution < -0.4 is 5.32 Å². The summed E-state index contributed by atoms with van der Waals surface area (Å²) in [6, 6.07) is 1.05. The molecule has 9 nitrogen and oxygen atoms in total. The van der Waals surface area contributed by atoms with Gasteiger partial charge in [0.05, 0.1) is 12.7 Å². The van der Waals surface area contributed by atoms with E-state index in [1.807, 2.05) is 6.92 Å². The predicted molar refractivity (Wildman–Crippen MR) is 133 cm³/mol. The Morgan fingerprint density at radius 3 is 2.29 bits per heavy atom. The van der Waals surface area contributed by atoms with Gasteiger partial charge in [0.2, 0.25) is 5.91 Å². The molecule has 0 saturated carbocycles. The quantitative estimate of drug-likeness (QED) is 0.554. The molecule has 0 bridgehead atoms. The first kappa shape index (κ1) is 28.2. The van der Waals surface area contributed by atoms with Gasteiger partial charge in [0, 0.05) is 18.9 Å². The number of carbonyl (C=O) groups is 2. The lowest BCUT2D eigenvalue weighted by Gasteiger charge is -2.41. The van der Waals surface area contributed by atoms with E-state index in [2.05, 4.69) is 49.1 Å². The van der Waals surface area contributed by atoms with Gasteiger partial charge in [-0.3, -0.25) is 9.69 Å². The third-order valence-electron chi connectivity index (χ3n) is 6.69. The van der Waals surface area contributed by atoms with Gasteiger partial charge >= 0.3 is 6.09 Å². The molecule has 2 N–H and O–H groups in total. The monoisotopic (exact) mass is 494 g/mol. The second kappa shape index (κ2) is 10.3. The molecular formula is C24H42N4O5Si. The normalized spacial score (nSPS) is 21.2. The molecule has 1 saturated heterocycles. The summed E-state index contributed by atoms with van der Waals surface area (Å²) in [6.07, 6.45) is 3.09. The van der Waals surface area contributed by atoms with Crippen molar-refractivity contribution < 1.29 is 23.9 Å². The summed E-state index contributed by atoms with van der Waals surface area (Å²) in [7, 11) is -2.17. The molecular weight excluding hydrogens is 452 g/mol. The first-order valence-electron chi connectivity index (χ1n) is 11.9. The van der Waals surface area contributed by atoms with Crippen molar-refractivity contribution >= 4 is 20.3 Å². The number of ether oxygens (including phenoxy) is 1. The van der Waals surface area contributed by atoms with E-state index in [9.17, 15) is 14.7 Å². The standard InChI is InChI=1S/C24H42N4O5Si/c1-17(33-34(8,9)23(5,6)7)18(19-25-13-11-14-26-19)27-20(30)24(16-29)12-10-15-28(24)21(31)32-22(2,3)4/h11,13-14,17-18,29H,10,12,15-16H2,1-9H3,(H,27,30). The Kier molecular flexibility index (Phi) is 8.53. The number of aromatic nitrogens is 2. The van der Waals surface area contributed by atoms with Crippen molar-refractivity contribution in [1.82, 2.24) is 20.2 Å². The Hall–Kier alpha value is -2.04. The number of amides is 2. The minimum Gasteiger partial charge on any atom is -0.444 e.